The van der Waals surface area contributed by atoms with E-state index in [9.17, 15) is 18.7 Å². The third-order valence-electron chi connectivity index (χ3n) is 6.36. The van der Waals surface area contributed by atoms with Gasteiger partial charge in [0.25, 0.3) is 0 Å². The molecule has 1 heterocycles. The van der Waals surface area contributed by atoms with E-state index in [1.807, 2.05) is 48.5 Å². The first kappa shape index (κ1) is 26.1. The topological polar surface area (TPSA) is 43.8 Å². The van der Waals surface area contributed by atoms with Gasteiger partial charge in [0.1, 0.15) is 11.6 Å². The second kappa shape index (κ2) is 11.0. The van der Waals surface area contributed by atoms with Crippen LogP contribution in [0.15, 0.2) is 72.3 Å². The van der Waals surface area contributed by atoms with Gasteiger partial charge in [-0.1, -0.05) is 47.5 Å². The van der Waals surface area contributed by atoms with E-state index in [0.717, 1.165) is 22.8 Å². The minimum atomic E-state index is -1.09. The highest BCUT2D eigenvalue weighted by Gasteiger charge is 2.33. The molecule has 3 aromatic carbocycles. The molecule has 4 rings (SSSR count). The number of likely N-dealkylation sites (tertiary alicyclic amines) is 1. The number of halogens is 4. The number of carbonyl (C=O) groups is 1. The summed E-state index contributed by atoms with van der Waals surface area (Å²) in [6.45, 7) is 4.59. The highest BCUT2D eigenvalue weighted by molar-refractivity contribution is 6.30. The van der Waals surface area contributed by atoms with Crippen LogP contribution in [0, 0.1) is 11.6 Å². The molecule has 0 atom stereocenters. The first-order valence-electron chi connectivity index (χ1n) is 11.5. The maximum Gasteiger partial charge on any atom is 0.407 e. The molecule has 0 bridgehead atoms. The van der Waals surface area contributed by atoms with Gasteiger partial charge in [0.2, 0.25) is 0 Å². The first-order chi connectivity index (χ1) is 17.1. The average Bonchev–Trinajstić information content (AvgIpc) is 2.78. The van der Waals surface area contributed by atoms with E-state index in [-0.39, 0.29) is 18.6 Å². The third kappa shape index (κ3) is 5.89. The normalized spacial score (nSPS) is 13.7. The fraction of sp³-hybridized carbons (Fsp3) is 0.250. The van der Waals surface area contributed by atoms with Crippen LogP contribution in [0.1, 0.15) is 36.6 Å². The van der Waals surface area contributed by atoms with Crippen LogP contribution in [0.2, 0.25) is 10.0 Å². The van der Waals surface area contributed by atoms with Gasteiger partial charge in [-0.2, -0.15) is 0 Å². The van der Waals surface area contributed by atoms with E-state index in [4.69, 9.17) is 23.2 Å². The number of benzene rings is 3. The van der Waals surface area contributed by atoms with Crippen molar-refractivity contribution < 1.29 is 18.7 Å². The monoisotopic (exact) mass is 530 g/mol. The molecule has 3 aromatic rings. The maximum absolute atomic E-state index is 14.1. The van der Waals surface area contributed by atoms with Crippen molar-refractivity contribution >= 4 is 34.9 Å². The lowest BCUT2D eigenvalue weighted by atomic mass is 9.89. The second-order valence-electron chi connectivity index (χ2n) is 9.16. The van der Waals surface area contributed by atoms with E-state index in [1.54, 1.807) is 13.8 Å². The van der Waals surface area contributed by atoms with E-state index >= 15 is 0 Å². The number of nitrogens with zero attached hydrogens (tertiary/aromatic N) is 2. The van der Waals surface area contributed by atoms with Crippen LogP contribution in [0.5, 0.6) is 0 Å². The predicted molar refractivity (Wildman–Crippen MR) is 139 cm³/mol. The predicted octanol–water partition coefficient (Wildman–Crippen LogP) is 7.52. The molecule has 0 radical (unpaired) electrons. The first-order valence-corrected chi connectivity index (χ1v) is 12.3. The summed E-state index contributed by atoms with van der Waals surface area (Å²) >= 11 is 12.2. The smallest absolute Gasteiger partial charge is 0.407 e. The Morgan fingerprint density at radius 3 is 1.81 bits per heavy atom. The molecule has 1 N–H and O–H groups in total. The molecule has 0 spiro atoms. The fourth-order valence-corrected chi connectivity index (χ4v) is 4.75. The lowest BCUT2D eigenvalue weighted by Gasteiger charge is -2.43. The Morgan fingerprint density at radius 2 is 1.39 bits per heavy atom. The second-order valence-corrected chi connectivity index (χ2v) is 10.0. The Morgan fingerprint density at radius 1 is 0.917 bits per heavy atom. The number of hydrogen-bond acceptors (Lipinski definition) is 2. The molecular formula is C28H26Cl2F2N2O2. The standard InChI is InChI=1S/C28H26Cl2F2N2O2/c1-17(2)34(28(35)36)16-26(20-11-24(31)13-25(32)12-20)21-14-33(15-21)27(18-3-7-22(29)8-4-18)19-5-9-23(30)10-6-19/h3-13,17,27H,14-16H2,1-2H3,(H,35,36). The van der Waals surface area contributed by atoms with Crippen molar-refractivity contribution in [3.05, 3.63) is 111 Å². The highest BCUT2D eigenvalue weighted by atomic mass is 35.5. The molecule has 1 fully saturated rings. The molecule has 0 aliphatic carbocycles. The largest absolute Gasteiger partial charge is 0.465 e. The summed E-state index contributed by atoms with van der Waals surface area (Å²) in [6, 6.07) is 18.1. The van der Waals surface area contributed by atoms with Crippen LogP contribution >= 0.6 is 23.2 Å². The van der Waals surface area contributed by atoms with E-state index in [2.05, 4.69) is 4.90 Å². The van der Waals surface area contributed by atoms with Gasteiger partial charge in [-0.05, 0) is 78.1 Å². The lowest BCUT2D eigenvalue weighted by molar-refractivity contribution is 0.138. The molecule has 1 aliphatic rings. The Labute approximate surface area is 219 Å². The molecule has 1 aliphatic heterocycles. The van der Waals surface area contributed by atoms with Crippen molar-refractivity contribution in [2.45, 2.75) is 25.9 Å². The van der Waals surface area contributed by atoms with Crippen molar-refractivity contribution in [1.82, 2.24) is 9.80 Å². The van der Waals surface area contributed by atoms with Crippen molar-refractivity contribution in [3.63, 3.8) is 0 Å². The van der Waals surface area contributed by atoms with Gasteiger partial charge in [-0.3, -0.25) is 4.90 Å². The maximum atomic E-state index is 14.1. The van der Waals surface area contributed by atoms with Gasteiger partial charge in [0, 0.05) is 41.8 Å². The van der Waals surface area contributed by atoms with Gasteiger partial charge >= 0.3 is 6.09 Å². The van der Waals surface area contributed by atoms with Gasteiger partial charge < -0.3 is 10.0 Å². The molecule has 0 aromatic heterocycles. The van der Waals surface area contributed by atoms with Crippen molar-refractivity contribution in [2.24, 2.45) is 0 Å². The Hall–Kier alpha value is -2.93. The fourth-order valence-electron chi connectivity index (χ4n) is 4.50. The summed E-state index contributed by atoms with van der Waals surface area (Å²) in [4.78, 5) is 15.4. The van der Waals surface area contributed by atoms with Crippen molar-refractivity contribution in [1.29, 1.82) is 0 Å². The molecule has 36 heavy (non-hydrogen) atoms. The molecule has 1 amide bonds. The van der Waals surface area contributed by atoms with E-state index in [0.29, 0.717) is 34.3 Å². The van der Waals surface area contributed by atoms with Gasteiger partial charge in [0.05, 0.1) is 6.04 Å². The summed E-state index contributed by atoms with van der Waals surface area (Å²) in [5.74, 6) is -1.41. The Balaban J connectivity index is 1.72. The lowest BCUT2D eigenvalue weighted by Crippen LogP contribution is -2.45. The number of carboxylic acid groups (broad SMARTS) is 1. The Bertz CT molecular complexity index is 1200. The summed E-state index contributed by atoms with van der Waals surface area (Å²) in [6.07, 6.45) is -1.09. The summed E-state index contributed by atoms with van der Waals surface area (Å²) < 4.78 is 28.2. The quantitative estimate of drug-likeness (QED) is 0.343. The van der Waals surface area contributed by atoms with Crippen LogP contribution in [-0.4, -0.2) is 46.7 Å². The van der Waals surface area contributed by atoms with Crippen LogP contribution in [-0.2, 0) is 0 Å². The van der Waals surface area contributed by atoms with Crippen LogP contribution in [0.3, 0.4) is 0 Å². The number of rotatable bonds is 7. The SMILES string of the molecule is CC(C)N(CC(=C1CN(C(c2ccc(Cl)cc2)c2ccc(Cl)cc2)C1)c1cc(F)cc(F)c1)C(=O)O. The molecule has 0 saturated carbocycles. The van der Waals surface area contributed by atoms with Gasteiger partial charge in [-0.25, -0.2) is 13.6 Å². The summed E-state index contributed by atoms with van der Waals surface area (Å²) in [5, 5.41) is 11.0. The minimum Gasteiger partial charge on any atom is -0.465 e. The molecule has 4 nitrogen and oxygen atoms in total. The number of hydrogen-bond donors (Lipinski definition) is 1. The highest BCUT2D eigenvalue weighted by Crippen LogP contribution is 2.38. The molecular weight excluding hydrogens is 505 g/mol. The van der Waals surface area contributed by atoms with Gasteiger partial charge in [-0.15, -0.1) is 0 Å². The minimum absolute atomic E-state index is 0.0334. The van der Waals surface area contributed by atoms with Crippen molar-refractivity contribution in [2.75, 3.05) is 19.6 Å². The number of amides is 1. The van der Waals surface area contributed by atoms with Crippen LogP contribution < -0.4 is 0 Å². The van der Waals surface area contributed by atoms with Crippen LogP contribution in [0.4, 0.5) is 13.6 Å². The Kier molecular flexibility index (Phi) is 7.98. The third-order valence-corrected chi connectivity index (χ3v) is 6.86. The van der Waals surface area contributed by atoms with E-state index in [1.165, 1.54) is 17.0 Å². The van der Waals surface area contributed by atoms with Gasteiger partial charge in [0.15, 0.2) is 0 Å². The zero-order chi connectivity index (χ0) is 26.0. The zero-order valence-electron chi connectivity index (χ0n) is 19.9. The molecule has 8 heteroatoms. The molecule has 188 valence electrons. The molecule has 1 saturated heterocycles. The summed E-state index contributed by atoms with van der Waals surface area (Å²) in [7, 11) is 0. The zero-order valence-corrected chi connectivity index (χ0v) is 21.4. The van der Waals surface area contributed by atoms with Crippen LogP contribution in [0.25, 0.3) is 5.57 Å². The average molecular weight is 531 g/mol. The summed E-state index contributed by atoms with van der Waals surface area (Å²) in [5.41, 5.74) is 3.97. The van der Waals surface area contributed by atoms with Crippen molar-refractivity contribution in [3.8, 4) is 0 Å². The van der Waals surface area contributed by atoms with E-state index < -0.39 is 17.7 Å². The molecule has 0 unspecified atom stereocenters.